The minimum Gasteiger partial charge on any atom is -0.347 e. The van der Waals surface area contributed by atoms with Gasteiger partial charge in [0.1, 0.15) is 6.07 Å². The highest BCUT2D eigenvalue weighted by Crippen LogP contribution is 2.30. The maximum Gasteiger partial charge on any atom is 0.331 e. The van der Waals surface area contributed by atoms with E-state index in [0.717, 1.165) is 12.8 Å². The molecule has 2 N–H and O–H groups in total. The van der Waals surface area contributed by atoms with Crippen molar-refractivity contribution in [3.8, 4) is 6.07 Å². The molecule has 2 aromatic carbocycles. The lowest BCUT2D eigenvalue weighted by Crippen LogP contribution is -2.44. The van der Waals surface area contributed by atoms with Crippen LogP contribution in [0.1, 0.15) is 35.7 Å². The summed E-state index contributed by atoms with van der Waals surface area (Å²) in [6, 6.07) is 10.9. The van der Waals surface area contributed by atoms with Crippen LogP contribution in [0.25, 0.3) is 10.9 Å². The third-order valence-electron chi connectivity index (χ3n) is 7.45. The molecule has 0 radical (unpaired) electrons. The molecule has 2 heterocycles. The van der Waals surface area contributed by atoms with Crippen molar-refractivity contribution in [3.05, 3.63) is 73.4 Å². The lowest BCUT2D eigenvalue weighted by Gasteiger charge is -2.20. The maximum atomic E-state index is 13.4. The Bertz CT molecular complexity index is 1630. The van der Waals surface area contributed by atoms with Gasteiger partial charge in [-0.25, -0.2) is 4.79 Å². The molecule has 39 heavy (non-hydrogen) atoms. The summed E-state index contributed by atoms with van der Waals surface area (Å²) < 4.78 is 2.89. The monoisotopic (exact) mass is 548 g/mol. The topological polar surface area (TPSA) is 129 Å². The second-order valence-electron chi connectivity index (χ2n) is 10.3. The number of nitrogens with one attached hydrogen (secondary N) is 2. The van der Waals surface area contributed by atoms with E-state index in [9.17, 15) is 19.2 Å². The Morgan fingerprint density at radius 1 is 1.10 bits per heavy atom. The number of hydrogen-bond donors (Lipinski definition) is 2. The minimum atomic E-state index is -0.542. The lowest BCUT2D eigenvalue weighted by molar-refractivity contribution is -0.119. The number of aryl methyl sites for hydroxylation is 1. The van der Waals surface area contributed by atoms with E-state index in [4.69, 9.17) is 16.9 Å². The summed E-state index contributed by atoms with van der Waals surface area (Å²) >= 11 is 6.08. The Balaban J connectivity index is 1.37. The van der Waals surface area contributed by atoms with Gasteiger partial charge in [-0.15, -0.1) is 0 Å². The quantitative estimate of drug-likeness (QED) is 0.466. The molecule has 2 atom stereocenters. The standard InChI is InChI=1S/C28H29ClN6O4/c1-3-34-24-9-8-19(11-20(24)27(38)35(28(34)39)13-16-4-5-16)31-26(37)21-14-33(2)15-23(21)32-25(36)17-6-7-18(12-30)22(29)10-17/h6-11,16,21,23H,3-5,13-15H2,1-2H3,(H,31,37)(H,32,36)/t21-,23-/m1/s1. The summed E-state index contributed by atoms with van der Waals surface area (Å²) in [5.41, 5.74) is 0.888. The average Bonchev–Trinajstić information content (AvgIpc) is 3.66. The number of likely N-dealkylation sites (N-methyl/N-ethyl adjacent to an activating group) is 1. The number of carbonyl (C=O) groups is 2. The number of fused-ring (bicyclic) bond motifs is 1. The van der Waals surface area contributed by atoms with Gasteiger partial charge >= 0.3 is 5.69 Å². The molecular weight excluding hydrogens is 520 g/mol. The van der Waals surface area contributed by atoms with Crippen molar-refractivity contribution in [3.63, 3.8) is 0 Å². The number of hydrogen-bond acceptors (Lipinski definition) is 6. The summed E-state index contributed by atoms with van der Waals surface area (Å²) in [6.45, 7) is 3.60. The Morgan fingerprint density at radius 3 is 2.54 bits per heavy atom. The number of carbonyl (C=O) groups excluding carboxylic acids is 2. The number of amides is 2. The fourth-order valence-corrected chi connectivity index (χ4v) is 5.40. The molecule has 2 fully saturated rings. The lowest BCUT2D eigenvalue weighted by atomic mass is 10.0. The zero-order valence-corrected chi connectivity index (χ0v) is 22.5. The third-order valence-corrected chi connectivity index (χ3v) is 7.77. The summed E-state index contributed by atoms with van der Waals surface area (Å²) in [5, 5.41) is 15.5. The van der Waals surface area contributed by atoms with Crippen LogP contribution in [-0.2, 0) is 17.9 Å². The van der Waals surface area contributed by atoms with Crippen LogP contribution in [0.5, 0.6) is 0 Å². The van der Waals surface area contributed by atoms with Gasteiger partial charge in [-0.1, -0.05) is 11.6 Å². The van der Waals surface area contributed by atoms with Crippen LogP contribution in [0.3, 0.4) is 0 Å². The van der Waals surface area contributed by atoms with Gasteiger partial charge in [-0.3, -0.25) is 23.5 Å². The highest BCUT2D eigenvalue weighted by atomic mass is 35.5. The first-order valence-corrected chi connectivity index (χ1v) is 13.3. The van der Waals surface area contributed by atoms with E-state index in [2.05, 4.69) is 10.6 Å². The van der Waals surface area contributed by atoms with E-state index in [-0.39, 0.29) is 33.6 Å². The van der Waals surface area contributed by atoms with Crippen molar-refractivity contribution < 1.29 is 9.59 Å². The number of nitriles is 1. The van der Waals surface area contributed by atoms with Gasteiger partial charge in [-0.2, -0.15) is 5.26 Å². The second-order valence-corrected chi connectivity index (χ2v) is 10.7. The number of nitrogens with zero attached hydrogens (tertiary/aromatic N) is 4. The summed E-state index contributed by atoms with van der Waals surface area (Å²) in [6.07, 6.45) is 2.02. The number of anilines is 1. The van der Waals surface area contributed by atoms with E-state index in [1.807, 2.05) is 24.9 Å². The summed E-state index contributed by atoms with van der Waals surface area (Å²) in [5.74, 6) is -0.865. The molecule has 1 aliphatic heterocycles. The SMILES string of the molecule is CCn1c(=O)n(CC2CC2)c(=O)c2cc(NC(=O)[C@@H]3CN(C)C[C@H]3NC(=O)c3ccc(C#N)c(Cl)c3)ccc21. The smallest absolute Gasteiger partial charge is 0.331 e. The van der Waals surface area contributed by atoms with Gasteiger partial charge in [-0.05, 0) is 69.1 Å². The number of likely N-dealkylation sites (tertiary alicyclic amines) is 1. The molecule has 10 nitrogen and oxygen atoms in total. The normalized spacial score (nSPS) is 19.1. The van der Waals surface area contributed by atoms with Crippen molar-refractivity contribution >= 4 is 40.0 Å². The minimum absolute atomic E-state index is 0.184. The highest BCUT2D eigenvalue weighted by molar-refractivity contribution is 6.32. The molecule has 1 saturated heterocycles. The molecule has 202 valence electrons. The van der Waals surface area contributed by atoms with Crippen LogP contribution in [0.2, 0.25) is 5.02 Å². The first kappa shape index (κ1) is 26.7. The molecule has 0 bridgehead atoms. The molecule has 2 amide bonds. The number of halogens is 1. The van der Waals surface area contributed by atoms with Crippen LogP contribution < -0.4 is 21.9 Å². The Hall–Kier alpha value is -3.94. The van der Waals surface area contributed by atoms with E-state index in [1.165, 1.54) is 22.8 Å². The van der Waals surface area contributed by atoms with Gasteiger partial charge in [0.05, 0.1) is 33.4 Å². The zero-order valence-electron chi connectivity index (χ0n) is 21.7. The fraction of sp³-hybridized carbons (Fsp3) is 0.393. The van der Waals surface area contributed by atoms with Crippen molar-refractivity contribution in [2.75, 3.05) is 25.5 Å². The first-order chi connectivity index (χ1) is 18.7. The largest absolute Gasteiger partial charge is 0.347 e. The number of rotatable bonds is 7. The highest BCUT2D eigenvalue weighted by Gasteiger charge is 2.37. The van der Waals surface area contributed by atoms with Crippen LogP contribution >= 0.6 is 11.6 Å². The number of aromatic nitrogens is 2. The van der Waals surface area contributed by atoms with Gasteiger partial charge in [0.2, 0.25) is 5.91 Å². The van der Waals surface area contributed by atoms with Crippen LogP contribution in [0.4, 0.5) is 5.69 Å². The van der Waals surface area contributed by atoms with Crippen molar-refractivity contribution in [2.45, 2.75) is 38.9 Å². The zero-order chi connectivity index (χ0) is 27.8. The van der Waals surface area contributed by atoms with Crippen LogP contribution in [-0.4, -0.2) is 52.0 Å². The fourth-order valence-electron chi connectivity index (χ4n) is 5.17. The van der Waals surface area contributed by atoms with E-state index >= 15 is 0 Å². The van der Waals surface area contributed by atoms with Gasteiger partial charge in [0.15, 0.2) is 0 Å². The second kappa shape index (κ2) is 10.7. The predicted molar refractivity (Wildman–Crippen MR) is 148 cm³/mol. The molecular formula is C28H29ClN6O4. The van der Waals surface area contributed by atoms with Crippen LogP contribution in [0, 0.1) is 23.2 Å². The molecule has 0 spiro atoms. The number of benzene rings is 2. The van der Waals surface area contributed by atoms with Gasteiger partial charge in [0, 0.05) is 37.4 Å². The molecule has 5 rings (SSSR count). The Labute approximate surface area is 229 Å². The van der Waals surface area contributed by atoms with Gasteiger partial charge < -0.3 is 15.5 Å². The first-order valence-electron chi connectivity index (χ1n) is 13.0. The Kier molecular flexibility index (Phi) is 7.30. The van der Waals surface area contributed by atoms with Crippen molar-refractivity contribution in [1.82, 2.24) is 19.4 Å². The molecule has 3 aromatic rings. The maximum absolute atomic E-state index is 13.4. The Morgan fingerprint density at radius 2 is 1.87 bits per heavy atom. The van der Waals surface area contributed by atoms with Gasteiger partial charge in [0.25, 0.3) is 11.5 Å². The van der Waals surface area contributed by atoms with Crippen molar-refractivity contribution in [2.24, 2.45) is 11.8 Å². The third kappa shape index (κ3) is 5.33. The molecule has 0 unspecified atom stereocenters. The molecule has 1 aromatic heterocycles. The average molecular weight is 549 g/mol. The molecule has 1 saturated carbocycles. The molecule has 11 heteroatoms. The van der Waals surface area contributed by atoms with E-state index in [0.29, 0.717) is 54.3 Å². The summed E-state index contributed by atoms with van der Waals surface area (Å²) in [4.78, 5) is 54.4. The molecule has 2 aliphatic rings. The summed E-state index contributed by atoms with van der Waals surface area (Å²) in [7, 11) is 1.87. The van der Waals surface area contributed by atoms with Crippen LogP contribution in [0.15, 0.2) is 46.0 Å². The van der Waals surface area contributed by atoms with Crippen molar-refractivity contribution in [1.29, 1.82) is 5.26 Å². The van der Waals surface area contributed by atoms with E-state index in [1.54, 1.807) is 22.8 Å². The predicted octanol–water partition coefficient (Wildman–Crippen LogP) is 2.42. The van der Waals surface area contributed by atoms with E-state index < -0.39 is 12.0 Å². The molecule has 1 aliphatic carbocycles.